The van der Waals surface area contributed by atoms with E-state index in [0.29, 0.717) is 18.8 Å². The van der Waals surface area contributed by atoms with Gasteiger partial charge in [0, 0.05) is 0 Å². The molecule has 1 aliphatic heterocycles. The zero-order valence-corrected chi connectivity index (χ0v) is 15.7. The minimum Gasteiger partial charge on any atom is -0.348 e. The summed E-state index contributed by atoms with van der Waals surface area (Å²) in [5.41, 5.74) is 1.47. The molecule has 140 valence electrons. The Hall–Kier alpha value is -2.37. The molecule has 1 aromatic rings. The van der Waals surface area contributed by atoms with E-state index >= 15 is 0 Å². The summed E-state index contributed by atoms with van der Waals surface area (Å²) in [6, 6.07) is 7.47. The molecule has 2 fully saturated rings. The number of nitrogens with zero attached hydrogens (tertiary/aromatic N) is 1. The van der Waals surface area contributed by atoms with Crippen molar-refractivity contribution in [1.29, 1.82) is 0 Å². The van der Waals surface area contributed by atoms with E-state index in [-0.39, 0.29) is 24.4 Å². The van der Waals surface area contributed by atoms with Crippen LogP contribution in [-0.2, 0) is 9.59 Å². The molecule has 4 amide bonds. The molecule has 2 N–H and O–H groups in total. The molecule has 0 aromatic heterocycles. The Morgan fingerprint density at radius 3 is 2.27 bits per heavy atom. The van der Waals surface area contributed by atoms with E-state index in [1.165, 1.54) is 5.56 Å². The highest BCUT2D eigenvalue weighted by atomic mass is 16.2. The zero-order chi connectivity index (χ0) is 18.9. The molecule has 26 heavy (non-hydrogen) atoms. The van der Waals surface area contributed by atoms with Crippen molar-refractivity contribution >= 4 is 17.8 Å². The van der Waals surface area contributed by atoms with E-state index in [2.05, 4.69) is 36.6 Å². The molecular weight excluding hydrogens is 330 g/mol. The number of amides is 4. The average molecular weight is 357 g/mol. The Morgan fingerprint density at radius 2 is 1.69 bits per heavy atom. The summed E-state index contributed by atoms with van der Waals surface area (Å²) in [6.45, 7) is 5.93. The van der Waals surface area contributed by atoms with Crippen LogP contribution in [0, 0.1) is 0 Å². The number of carbonyl (C=O) groups excluding carboxylic acids is 3. The Kier molecular flexibility index (Phi) is 5.03. The lowest BCUT2D eigenvalue weighted by Crippen LogP contribution is -2.45. The van der Waals surface area contributed by atoms with E-state index in [9.17, 15) is 14.4 Å². The van der Waals surface area contributed by atoms with Crippen molar-refractivity contribution < 1.29 is 14.4 Å². The van der Waals surface area contributed by atoms with E-state index in [4.69, 9.17) is 0 Å². The zero-order valence-electron chi connectivity index (χ0n) is 15.7. The number of rotatable bonds is 5. The second-order valence-electron chi connectivity index (χ2n) is 7.72. The Morgan fingerprint density at radius 1 is 1.12 bits per heavy atom. The summed E-state index contributed by atoms with van der Waals surface area (Å²) >= 11 is 0. The van der Waals surface area contributed by atoms with Gasteiger partial charge in [0.2, 0.25) is 5.91 Å². The highest BCUT2D eigenvalue weighted by Gasteiger charge is 2.52. The topological polar surface area (TPSA) is 78.5 Å². The number of imide groups is 1. The highest BCUT2D eigenvalue weighted by Crippen LogP contribution is 2.34. The molecule has 3 rings (SSSR count). The summed E-state index contributed by atoms with van der Waals surface area (Å²) in [5.74, 6) is -0.135. The molecule has 0 unspecified atom stereocenters. The van der Waals surface area contributed by atoms with Crippen LogP contribution in [0.25, 0.3) is 0 Å². The van der Waals surface area contributed by atoms with Crippen molar-refractivity contribution in [2.75, 3.05) is 6.54 Å². The predicted molar refractivity (Wildman–Crippen MR) is 98.5 cm³/mol. The number of carbonyl (C=O) groups is 3. The minimum atomic E-state index is -0.768. The van der Waals surface area contributed by atoms with Gasteiger partial charge in [-0.3, -0.25) is 14.5 Å². The molecule has 6 nitrogen and oxygen atoms in total. The molecule has 1 heterocycles. The van der Waals surface area contributed by atoms with Crippen LogP contribution >= 0.6 is 0 Å². The van der Waals surface area contributed by atoms with Crippen molar-refractivity contribution in [3.05, 3.63) is 35.4 Å². The third-order valence-corrected chi connectivity index (χ3v) is 5.49. The van der Waals surface area contributed by atoms with Crippen LogP contribution in [0.1, 0.15) is 69.5 Å². The first-order valence-electron chi connectivity index (χ1n) is 9.36. The van der Waals surface area contributed by atoms with Crippen LogP contribution in [0.3, 0.4) is 0 Å². The Balaban J connectivity index is 1.60. The normalized spacial score (nSPS) is 19.9. The van der Waals surface area contributed by atoms with Crippen molar-refractivity contribution in [1.82, 2.24) is 15.5 Å². The highest BCUT2D eigenvalue weighted by molar-refractivity contribution is 6.09. The van der Waals surface area contributed by atoms with E-state index < -0.39 is 11.6 Å². The number of urea groups is 1. The third-order valence-electron chi connectivity index (χ3n) is 5.49. The van der Waals surface area contributed by atoms with Gasteiger partial charge in [-0.2, -0.15) is 0 Å². The van der Waals surface area contributed by atoms with Gasteiger partial charge in [0.25, 0.3) is 5.91 Å². The van der Waals surface area contributed by atoms with Crippen LogP contribution in [0.15, 0.2) is 24.3 Å². The minimum absolute atomic E-state index is 0.190. The molecule has 2 aliphatic rings. The first kappa shape index (κ1) is 18.4. The largest absolute Gasteiger partial charge is 0.348 e. The SMILES string of the molecule is CC(C)c1ccc([C@@H](C)NC(=O)CN2C(=O)NC3(CCCC3)C2=O)cc1. The maximum Gasteiger partial charge on any atom is 0.325 e. The van der Waals surface area contributed by atoms with Gasteiger partial charge in [-0.1, -0.05) is 51.0 Å². The van der Waals surface area contributed by atoms with Crippen LogP contribution in [0.2, 0.25) is 0 Å². The molecule has 0 bridgehead atoms. The van der Waals surface area contributed by atoms with Gasteiger partial charge in [-0.25, -0.2) is 4.79 Å². The van der Waals surface area contributed by atoms with Gasteiger partial charge in [0.05, 0.1) is 6.04 Å². The summed E-state index contributed by atoms with van der Waals surface area (Å²) in [7, 11) is 0. The summed E-state index contributed by atoms with van der Waals surface area (Å²) in [6.07, 6.45) is 3.17. The summed E-state index contributed by atoms with van der Waals surface area (Å²) in [4.78, 5) is 38.2. The fraction of sp³-hybridized carbons (Fsp3) is 0.550. The molecular formula is C20H27N3O3. The van der Waals surface area contributed by atoms with Crippen LogP contribution < -0.4 is 10.6 Å². The van der Waals surface area contributed by atoms with Gasteiger partial charge >= 0.3 is 6.03 Å². The average Bonchev–Trinajstić information content (AvgIpc) is 3.16. The van der Waals surface area contributed by atoms with Crippen molar-refractivity contribution in [3.8, 4) is 0 Å². The molecule has 1 saturated heterocycles. The number of nitrogens with one attached hydrogen (secondary N) is 2. The number of benzene rings is 1. The van der Waals surface area contributed by atoms with Gasteiger partial charge < -0.3 is 10.6 Å². The third kappa shape index (κ3) is 3.45. The maximum atomic E-state index is 12.6. The van der Waals surface area contributed by atoms with Gasteiger partial charge in [0.15, 0.2) is 0 Å². The smallest absolute Gasteiger partial charge is 0.325 e. The first-order valence-corrected chi connectivity index (χ1v) is 9.36. The lowest BCUT2D eigenvalue weighted by atomic mass is 9.98. The van der Waals surface area contributed by atoms with E-state index in [1.807, 2.05) is 19.1 Å². The molecule has 1 atom stereocenters. The number of hydrogen-bond acceptors (Lipinski definition) is 3. The molecule has 0 radical (unpaired) electrons. The monoisotopic (exact) mass is 357 g/mol. The molecule has 1 saturated carbocycles. The van der Waals surface area contributed by atoms with E-state index in [1.54, 1.807) is 0 Å². The quantitative estimate of drug-likeness (QED) is 0.796. The summed E-state index contributed by atoms with van der Waals surface area (Å²) < 4.78 is 0. The Labute approximate surface area is 154 Å². The van der Waals surface area contributed by atoms with Crippen LogP contribution in [0.5, 0.6) is 0 Å². The van der Waals surface area contributed by atoms with Gasteiger partial charge in [0.1, 0.15) is 12.1 Å². The van der Waals surface area contributed by atoms with Crippen molar-refractivity contribution in [2.24, 2.45) is 0 Å². The first-order chi connectivity index (χ1) is 12.3. The molecule has 1 spiro atoms. The molecule has 6 heteroatoms. The standard InChI is InChI=1S/C20H27N3O3/c1-13(2)15-6-8-16(9-7-15)14(3)21-17(24)12-23-18(25)20(22-19(23)26)10-4-5-11-20/h6-9,13-14H,4-5,10-12H2,1-3H3,(H,21,24)(H,22,26)/t14-/m1/s1. The maximum absolute atomic E-state index is 12.6. The molecule has 1 aliphatic carbocycles. The van der Waals surface area contributed by atoms with Crippen molar-refractivity contribution in [3.63, 3.8) is 0 Å². The lowest BCUT2D eigenvalue weighted by molar-refractivity contribution is -0.135. The lowest BCUT2D eigenvalue weighted by Gasteiger charge is -2.20. The van der Waals surface area contributed by atoms with E-state index in [0.717, 1.165) is 23.3 Å². The fourth-order valence-corrected chi connectivity index (χ4v) is 3.82. The fourth-order valence-electron chi connectivity index (χ4n) is 3.82. The van der Waals surface area contributed by atoms with Gasteiger partial charge in [-0.05, 0) is 36.8 Å². The predicted octanol–water partition coefficient (Wildman–Crippen LogP) is 2.85. The van der Waals surface area contributed by atoms with Crippen molar-refractivity contribution in [2.45, 2.75) is 64.0 Å². The summed E-state index contributed by atoms with van der Waals surface area (Å²) in [5, 5.41) is 5.67. The van der Waals surface area contributed by atoms with Gasteiger partial charge in [-0.15, -0.1) is 0 Å². The molecule has 1 aromatic carbocycles. The van der Waals surface area contributed by atoms with Crippen LogP contribution in [0.4, 0.5) is 4.79 Å². The Bertz CT molecular complexity index is 706. The second kappa shape index (κ2) is 7.09. The number of hydrogen-bond donors (Lipinski definition) is 2. The van der Waals surface area contributed by atoms with Crippen LogP contribution in [-0.4, -0.2) is 34.8 Å². The second-order valence-corrected chi connectivity index (χ2v) is 7.72.